The quantitative estimate of drug-likeness (QED) is 0.619. The predicted molar refractivity (Wildman–Crippen MR) is 79.3 cm³/mol. The second-order valence-corrected chi connectivity index (χ2v) is 5.03. The van der Waals surface area contributed by atoms with Crippen molar-refractivity contribution in [2.75, 3.05) is 17.7 Å². The van der Waals surface area contributed by atoms with Gasteiger partial charge in [0.25, 0.3) is 0 Å². The average molecular weight is 361 g/mol. The van der Waals surface area contributed by atoms with Crippen molar-refractivity contribution in [3.05, 3.63) is 46.2 Å². The van der Waals surface area contributed by atoms with Crippen LogP contribution >= 0.6 is 15.9 Å². The minimum atomic E-state index is -0.676. The van der Waals surface area contributed by atoms with E-state index in [9.17, 15) is 13.2 Å². The van der Waals surface area contributed by atoms with Crippen LogP contribution in [0.2, 0.25) is 0 Å². The van der Waals surface area contributed by atoms with Crippen molar-refractivity contribution >= 4 is 33.0 Å². The standard InChI is InChI=1S/C14H12BrF3N2O/c1-2-21-14-6-13(11(19)4-10(14)18)20-12-5-8(16)7(15)3-9(12)17/h3-6,20H,2,19H2,1H3. The smallest absolute Gasteiger partial charge is 0.167 e. The molecule has 0 spiro atoms. The molecule has 0 heterocycles. The fourth-order valence-electron chi connectivity index (χ4n) is 1.71. The first kappa shape index (κ1) is 15.5. The van der Waals surface area contributed by atoms with E-state index in [-0.39, 0.29) is 33.9 Å². The minimum absolute atomic E-state index is 0.00707. The molecular weight excluding hydrogens is 349 g/mol. The summed E-state index contributed by atoms with van der Waals surface area (Å²) < 4.78 is 45.9. The Morgan fingerprint density at radius 3 is 2.43 bits per heavy atom. The van der Waals surface area contributed by atoms with E-state index in [4.69, 9.17) is 10.5 Å². The zero-order valence-corrected chi connectivity index (χ0v) is 12.6. The van der Waals surface area contributed by atoms with Crippen LogP contribution in [0.4, 0.5) is 30.2 Å². The molecule has 112 valence electrons. The number of nitrogens with two attached hydrogens (primary N) is 1. The molecule has 0 atom stereocenters. The van der Waals surface area contributed by atoms with E-state index in [0.717, 1.165) is 18.2 Å². The number of nitrogen functional groups attached to an aromatic ring is 1. The Kier molecular flexibility index (Phi) is 4.62. The maximum atomic E-state index is 13.8. The second-order valence-electron chi connectivity index (χ2n) is 4.17. The summed E-state index contributed by atoms with van der Waals surface area (Å²) in [7, 11) is 0. The second kappa shape index (κ2) is 6.26. The topological polar surface area (TPSA) is 47.3 Å². The molecule has 0 aromatic heterocycles. The van der Waals surface area contributed by atoms with E-state index in [1.54, 1.807) is 6.92 Å². The Balaban J connectivity index is 2.39. The van der Waals surface area contributed by atoms with Crippen molar-refractivity contribution < 1.29 is 17.9 Å². The van der Waals surface area contributed by atoms with E-state index in [2.05, 4.69) is 21.2 Å². The van der Waals surface area contributed by atoms with Gasteiger partial charge in [0.2, 0.25) is 0 Å². The van der Waals surface area contributed by atoms with Crippen LogP contribution in [0.15, 0.2) is 28.7 Å². The molecule has 0 saturated heterocycles. The lowest BCUT2D eigenvalue weighted by molar-refractivity contribution is 0.322. The Bertz CT molecular complexity index is 680. The van der Waals surface area contributed by atoms with Gasteiger partial charge < -0.3 is 15.8 Å². The first-order chi connectivity index (χ1) is 9.92. The number of rotatable bonds is 4. The number of anilines is 3. The van der Waals surface area contributed by atoms with Crippen molar-refractivity contribution in [3.63, 3.8) is 0 Å². The molecular formula is C14H12BrF3N2O. The normalized spacial score (nSPS) is 10.5. The molecule has 0 saturated carbocycles. The van der Waals surface area contributed by atoms with Crippen molar-refractivity contribution in [3.8, 4) is 5.75 Å². The molecule has 7 heteroatoms. The van der Waals surface area contributed by atoms with Gasteiger partial charge in [0, 0.05) is 18.2 Å². The number of hydrogen-bond acceptors (Lipinski definition) is 3. The van der Waals surface area contributed by atoms with E-state index in [1.807, 2.05) is 0 Å². The molecule has 0 aliphatic heterocycles. The van der Waals surface area contributed by atoms with Gasteiger partial charge in [-0.05, 0) is 28.9 Å². The van der Waals surface area contributed by atoms with Crippen molar-refractivity contribution in [2.24, 2.45) is 0 Å². The van der Waals surface area contributed by atoms with Crippen LogP contribution in [0.5, 0.6) is 5.75 Å². The van der Waals surface area contributed by atoms with Gasteiger partial charge in [-0.3, -0.25) is 0 Å². The van der Waals surface area contributed by atoms with Gasteiger partial charge >= 0.3 is 0 Å². The molecule has 2 rings (SSSR count). The maximum Gasteiger partial charge on any atom is 0.167 e. The van der Waals surface area contributed by atoms with Gasteiger partial charge in [-0.2, -0.15) is 0 Å². The summed E-state index contributed by atoms with van der Waals surface area (Å²) in [5, 5.41) is 2.63. The summed E-state index contributed by atoms with van der Waals surface area (Å²) in [6, 6.07) is 4.32. The molecule has 21 heavy (non-hydrogen) atoms. The van der Waals surface area contributed by atoms with Gasteiger partial charge in [0.15, 0.2) is 11.6 Å². The predicted octanol–water partition coefficient (Wildman–Crippen LogP) is 4.59. The molecule has 0 radical (unpaired) electrons. The molecule has 0 bridgehead atoms. The number of hydrogen-bond donors (Lipinski definition) is 2. The summed E-state index contributed by atoms with van der Waals surface area (Å²) in [6.45, 7) is 1.97. The summed E-state index contributed by atoms with van der Waals surface area (Å²) in [4.78, 5) is 0. The molecule has 0 aliphatic carbocycles. The largest absolute Gasteiger partial charge is 0.491 e. The van der Waals surface area contributed by atoms with Gasteiger partial charge in [-0.25, -0.2) is 13.2 Å². The summed E-state index contributed by atoms with van der Waals surface area (Å²) in [5.74, 6) is -1.95. The third-order valence-electron chi connectivity index (χ3n) is 2.68. The van der Waals surface area contributed by atoms with Crippen LogP contribution in [0.3, 0.4) is 0 Å². The number of nitrogens with one attached hydrogen (secondary N) is 1. The van der Waals surface area contributed by atoms with Crippen molar-refractivity contribution in [1.29, 1.82) is 0 Å². The third-order valence-corrected chi connectivity index (χ3v) is 3.29. The molecule has 0 aliphatic rings. The van der Waals surface area contributed by atoms with Crippen molar-refractivity contribution in [2.45, 2.75) is 6.92 Å². The van der Waals surface area contributed by atoms with Crippen LogP contribution in [0.1, 0.15) is 6.92 Å². The zero-order chi connectivity index (χ0) is 15.6. The summed E-state index contributed by atoms with van der Waals surface area (Å²) in [5.41, 5.74) is 5.83. The number of ether oxygens (including phenoxy) is 1. The van der Waals surface area contributed by atoms with Crippen LogP contribution in [-0.4, -0.2) is 6.61 Å². The third kappa shape index (κ3) is 3.41. The van der Waals surface area contributed by atoms with Gasteiger partial charge in [-0.15, -0.1) is 0 Å². The fraction of sp³-hybridized carbons (Fsp3) is 0.143. The summed E-state index contributed by atoms with van der Waals surface area (Å²) >= 11 is 2.88. The molecule has 3 N–H and O–H groups in total. The van der Waals surface area contributed by atoms with Gasteiger partial charge in [-0.1, -0.05) is 0 Å². The SMILES string of the molecule is CCOc1cc(Nc2cc(F)c(Br)cc2F)c(N)cc1F. The first-order valence-electron chi connectivity index (χ1n) is 6.05. The van der Waals surface area contributed by atoms with Crippen LogP contribution in [0, 0.1) is 17.5 Å². The monoisotopic (exact) mass is 360 g/mol. The average Bonchev–Trinajstić information content (AvgIpc) is 2.41. The van der Waals surface area contributed by atoms with E-state index < -0.39 is 17.5 Å². The maximum absolute atomic E-state index is 13.8. The van der Waals surface area contributed by atoms with Crippen LogP contribution in [-0.2, 0) is 0 Å². The van der Waals surface area contributed by atoms with E-state index >= 15 is 0 Å². The molecule has 0 fully saturated rings. The molecule has 2 aromatic rings. The highest BCUT2D eigenvalue weighted by Crippen LogP contribution is 2.32. The van der Waals surface area contributed by atoms with Crippen LogP contribution < -0.4 is 15.8 Å². The molecule has 0 amide bonds. The first-order valence-corrected chi connectivity index (χ1v) is 6.85. The highest BCUT2D eigenvalue weighted by Gasteiger charge is 2.13. The Labute approximate surface area is 128 Å². The van der Waals surface area contributed by atoms with E-state index in [0.29, 0.717) is 0 Å². The van der Waals surface area contributed by atoms with Gasteiger partial charge in [0.05, 0.1) is 28.1 Å². The molecule has 2 aromatic carbocycles. The lowest BCUT2D eigenvalue weighted by Crippen LogP contribution is -2.02. The number of halogens is 4. The van der Waals surface area contributed by atoms with Crippen LogP contribution in [0.25, 0.3) is 0 Å². The van der Waals surface area contributed by atoms with Crippen molar-refractivity contribution in [1.82, 2.24) is 0 Å². The Morgan fingerprint density at radius 1 is 1.05 bits per heavy atom. The molecule has 0 unspecified atom stereocenters. The number of benzene rings is 2. The van der Waals surface area contributed by atoms with Gasteiger partial charge in [0.1, 0.15) is 11.6 Å². The minimum Gasteiger partial charge on any atom is -0.491 e. The molecule has 3 nitrogen and oxygen atoms in total. The Morgan fingerprint density at radius 2 is 1.76 bits per heavy atom. The zero-order valence-electron chi connectivity index (χ0n) is 11.0. The lowest BCUT2D eigenvalue weighted by Gasteiger charge is -2.13. The summed E-state index contributed by atoms with van der Waals surface area (Å²) in [6.07, 6.45) is 0. The fourth-order valence-corrected chi connectivity index (χ4v) is 2.02. The highest BCUT2D eigenvalue weighted by atomic mass is 79.9. The highest BCUT2D eigenvalue weighted by molar-refractivity contribution is 9.10. The Hall–Kier alpha value is -1.89. The van der Waals surface area contributed by atoms with E-state index in [1.165, 1.54) is 6.07 Å². The lowest BCUT2D eigenvalue weighted by atomic mass is 10.2.